The molecule has 0 bridgehead atoms. The first-order valence-corrected chi connectivity index (χ1v) is 10.0. The first-order valence-electron chi connectivity index (χ1n) is 8.40. The Morgan fingerprint density at radius 1 is 1.19 bits per heavy atom. The molecule has 0 unspecified atom stereocenters. The van der Waals surface area contributed by atoms with Crippen molar-refractivity contribution < 1.29 is 22.0 Å². The summed E-state index contributed by atoms with van der Waals surface area (Å²) in [5.41, 5.74) is -0.801. The Labute approximate surface area is 187 Å². The number of pyridine rings is 1. The fourth-order valence-corrected chi connectivity index (χ4v) is 3.96. The van der Waals surface area contributed by atoms with E-state index < -0.39 is 27.5 Å². The van der Waals surface area contributed by atoms with E-state index in [1.54, 1.807) is 18.2 Å². The van der Waals surface area contributed by atoms with E-state index in [9.17, 15) is 22.0 Å². The maximum atomic E-state index is 13.2. The van der Waals surface area contributed by atoms with Crippen molar-refractivity contribution in [2.24, 2.45) is 0 Å². The SMILES string of the molecule is N=Cc1nn(-c2c(Cl)cc(C(F)(F)F)cc2Cl)c(NCc2ccccn2)c1SC(F)F. The lowest BCUT2D eigenvalue weighted by Crippen LogP contribution is -2.11. The second-order valence-electron chi connectivity index (χ2n) is 5.96. The van der Waals surface area contributed by atoms with E-state index in [-0.39, 0.29) is 40.4 Å². The summed E-state index contributed by atoms with van der Waals surface area (Å²) in [6.07, 6.45) is -2.40. The molecule has 164 valence electrons. The zero-order chi connectivity index (χ0) is 22.8. The highest BCUT2D eigenvalue weighted by atomic mass is 35.5. The molecule has 13 heteroatoms. The molecule has 5 nitrogen and oxygen atoms in total. The predicted octanol–water partition coefficient (Wildman–Crippen LogP) is 6.52. The van der Waals surface area contributed by atoms with Crippen LogP contribution in [-0.2, 0) is 12.7 Å². The number of anilines is 1. The van der Waals surface area contributed by atoms with Gasteiger partial charge in [-0.15, -0.1) is 0 Å². The number of benzene rings is 1. The van der Waals surface area contributed by atoms with Gasteiger partial charge in [-0.25, -0.2) is 4.68 Å². The average Bonchev–Trinajstić information content (AvgIpc) is 3.02. The Balaban J connectivity index is 2.15. The van der Waals surface area contributed by atoms with Crippen LogP contribution in [0.4, 0.5) is 27.8 Å². The van der Waals surface area contributed by atoms with Crippen molar-refractivity contribution in [2.45, 2.75) is 23.4 Å². The van der Waals surface area contributed by atoms with Crippen LogP contribution < -0.4 is 5.32 Å². The molecule has 0 atom stereocenters. The predicted molar refractivity (Wildman–Crippen MR) is 110 cm³/mol. The van der Waals surface area contributed by atoms with Crippen LogP contribution in [0.5, 0.6) is 0 Å². The van der Waals surface area contributed by atoms with E-state index >= 15 is 0 Å². The van der Waals surface area contributed by atoms with Crippen molar-refractivity contribution >= 4 is 47.0 Å². The van der Waals surface area contributed by atoms with Crippen molar-refractivity contribution in [1.82, 2.24) is 14.8 Å². The summed E-state index contributed by atoms with van der Waals surface area (Å²) in [6, 6.07) is 6.43. The molecule has 2 N–H and O–H groups in total. The van der Waals surface area contributed by atoms with Crippen LogP contribution in [0.3, 0.4) is 0 Å². The average molecular weight is 496 g/mol. The standard InChI is InChI=1S/C18H12Cl2F5N5S/c19-11-5-9(18(23,24)25)6-12(20)14(11)30-16(28-8-10-3-1-2-4-27-10)15(31-17(21)22)13(7-26)29-30/h1-7,17,26,28H,8H2. The van der Waals surface area contributed by atoms with Gasteiger partial charge in [-0.3, -0.25) is 4.98 Å². The number of nitrogens with zero attached hydrogens (tertiary/aromatic N) is 3. The molecule has 0 fully saturated rings. The first-order chi connectivity index (χ1) is 14.6. The van der Waals surface area contributed by atoms with Gasteiger partial charge in [-0.05, 0) is 36.0 Å². The van der Waals surface area contributed by atoms with Gasteiger partial charge in [0.1, 0.15) is 17.2 Å². The van der Waals surface area contributed by atoms with E-state index in [1.807, 2.05) is 0 Å². The molecule has 3 rings (SSSR count). The minimum Gasteiger partial charge on any atom is -0.363 e. The molecule has 2 aromatic heterocycles. The highest BCUT2D eigenvalue weighted by Crippen LogP contribution is 2.41. The van der Waals surface area contributed by atoms with E-state index in [0.29, 0.717) is 17.8 Å². The normalized spacial score (nSPS) is 11.7. The number of halogens is 7. The smallest absolute Gasteiger partial charge is 0.363 e. The number of nitrogens with one attached hydrogen (secondary N) is 2. The summed E-state index contributed by atoms with van der Waals surface area (Å²) >= 11 is 12.3. The molecular formula is C18H12Cl2F5N5S. The van der Waals surface area contributed by atoms with Gasteiger partial charge in [0.2, 0.25) is 0 Å². The Kier molecular flexibility index (Phi) is 7.07. The van der Waals surface area contributed by atoms with Gasteiger partial charge in [0.25, 0.3) is 5.76 Å². The Bertz CT molecular complexity index is 1070. The molecule has 3 aromatic rings. The van der Waals surface area contributed by atoms with Crippen molar-refractivity contribution in [2.75, 3.05) is 5.32 Å². The lowest BCUT2D eigenvalue weighted by molar-refractivity contribution is -0.137. The summed E-state index contributed by atoms with van der Waals surface area (Å²) < 4.78 is 66.5. The number of hydrogen-bond acceptors (Lipinski definition) is 5. The van der Waals surface area contributed by atoms with Crippen LogP contribution in [0.25, 0.3) is 5.69 Å². The van der Waals surface area contributed by atoms with E-state index in [1.165, 1.54) is 6.20 Å². The van der Waals surface area contributed by atoms with Crippen LogP contribution in [-0.4, -0.2) is 26.7 Å². The van der Waals surface area contributed by atoms with Crippen LogP contribution in [0.1, 0.15) is 17.0 Å². The summed E-state index contributed by atoms with van der Waals surface area (Å²) in [6.45, 7) is 0.0800. The van der Waals surface area contributed by atoms with Crippen molar-refractivity contribution in [1.29, 1.82) is 5.41 Å². The van der Waals surface area contributed by atoms with Gasteiger partial charge in [-0.2, -0.15) is 27.1 Å². The van der Waals surface area contributed by atoms with E-state index in [4.69, 9.17) is 28.6 Å². The second kappa shape index (κ2) is 9.41. The topological polar surface area (TPSA) is 66.6 Å². The number of hydrogen-bond donors (Lipinski definition) is 2. The third-order valence-electron chi connectivity index (χ3n) is 3.93. The fourth-order valence-electron chi connectivity index (χ4n) is 2.65. The van der Waals surface area contributed by atoms with E-state index in [2.05, 4.69) is 15.4 Å². The lowest BCUT2D eigenvalue weighted by atomic mass is 10.2. The molecule has 0 spiro atoms. The first kappa shape index (κ1) is 23.3. The molecule has 0 aliphatic heterocycles. The Hall–Kier alpha value is -2.37. The maximum Gasteiger partial charge on any atom is 0.416 e. The zero-order valence-corrected chi connectivity index (χ0v) is 17.5. The molecule has 0 radical (unpaired) electrons. The summed E-state index contributed by atoms with van der Waals surface area (Å²) in [7, 11) is 0. The molecule has 0 aliphatic rings. The molecule has 0 amide bonds. The monoisotopic (exact) mass is 495 g/mol. The van der Waals surface area contributed by atoms with Gasteiger partial charge in [0.05, 0.1) is 32.7 Å². The lowest BCUT2D eigenvalue weighted by Gasteiger charge is -2.16. The third kappa shape index (κ3) is 5.28. The highest BCUT2D eigenvalue weighted by molar-refractivity contribution is 7.99. The largest absolute Gasteiger partial charge is 0.416 e. The van der Waals surface area contributed by atoms with Gasteiger partial charge in [0, 0.05) is 12.4 Å². The Morgan fingerprint density at radius 3 is 2.39 bits per heavy atom. The third-order valence-corrected chi connectivity index (χ3v) is 5.32. The van der Waals surface area contributed by atoms with Gasteiger partial charge >= 0.3 is 6.18 Å². The molecule has 0 aliphatic carbocycles. The van der Waals surface area contributed by atoms with Crippen LogP contribution in [0.15, 0.2) is 41.4 Å². The molecule has 2 heterocycles. The Morgan fingerprint density at radius 2 is 1.87 bits per heavy atom. The maximum absolute atomic E-state index is 13.2. The van der Waals surface area contributed by atoms with Crippen LogP contribution in [0, 0.1) is 5.41 Å². The minimum absolute atomic E-state index is 0.0157. The van der Waals surface area contributed by atoms with Crippen molar-refractivity contribution in [3.8, 4) is 5.69 Å². The van der Waals surface area contributed by atoms with Crippen molar-refractivity contribution in [3.05, 3.63) is 63.5 Å². The molecular weight excluding hydrogens is 484 g/mol. The highest BCUT2D eigenvalue weighted by Gasteiger charge is 2.33. The summed E-state index contributed by atoms with van der Waals surface area (Å²) in [5.74, 6) is -2.86. The van der Waals surface area contributed by atoms with Crippen molar-refractivity contribution in [3.63, 3.8) is 0 Å². The van der Waals surface area contributed by atoms with Gasteiger partial charge in [0.15, 0.2) is 0 Å². The van der Waals surface area contributed by atoms with Crippen LogP contribution >= 0.6 is 35.0 Å². The van der Waals surface area contributed by atoms with E-state index in [0.717, 1.165) is 10.9 Å². The zero-order valence-electron chi connectivity index (χ0n) is 15.2. The second-order valence-corrected chi connectivity index (χ2v) is 7.77. The summed E-state index contributed by atoms with van der Waals surface area (Å²) in [5, 5.41) is 13.7. The minimum atomic E-state index is -4.69. The molecule has 0 saturated carbocycles. The van der Waals surface area contributed by atoms with Gasteiger partial charge < -0.3 is 10.7 Å². The molecule has 31 heavy (non-hydrogen) atoms. The number of thioether (sulfide) groups is 1. The number of alkyl halides is 5. The fraction of sp³-hybridized carbons (Fsp3) is 0.167. The van der Waals surface area contributed by atoms with Gasteiger partial charge in [-0.1, -0.05) is 29.3 Å². The number of aromatic nitrogens is 3. The quantitative estimate of drug-likeness (QED) is 0.222. The number of rotatable bonds is 7. The summed E-state index contributed by atoms with van der Waals surface area (Å²) in [4.78, 5) is 4.03. The molecule has 0 saturated heterocycles. The van der Waals surface area contributed by atoms with Crippen LogP contribution in [0.2, 0.25) is 10.0 Å². The molecule has 1 aromatic carbocycles.